The first kappa shape index (κ1) is 17.3. The smallest absolute Gasteiger partial charge is 0.280 e. The van der Waals surface area contributed by atoms with E-state index in [1.165, 1.54) is 0 Å². The topological polar surface area (TPSA) is 43.2 Å². The Morgan fingerprint density at radius 3 is 1.57 bits per heavy atom. The van der Waals surface area contributed by atoms with Crippen LogP contribution in [0.5, 0.6) is 0 Å². The minimum Gasteiger partial charge on any atom is -0.352 e. The first-order valence-electron chi connectivity index (χ1n) is 6.92. The zero-order valence-corrected chi connectivity index (χ0v) is 14.3. The lowest BCUT2D eigenvalue weighted by Crippen LogP contribution is -2.01. The fourth-order valence-corrected chi connectivity index (χ4v) is 2.42. The van der Waals surface area contributed by atoms with Crippen molar-refractivity contribution in [2.24, 2.45) is 10.3 Å². The summed E-state index contributed by atoms with van der Waals surface area (Å²) in [6.07, 6.45) is 0. The summed E-state index contributed by atoms with van der Waals surface area (Å²) in [5.74, 6) is 0. The molecule has 0 aliphatic heterocycles. The maximum atomic E-state index is 6.08. The van der Waals surface area contributed by atoms with Crippen LogP contribution < -0.4 is 0 Å². The first-order valence-corrected chi connectivity index (χ1v) is 7.68. The number of oxime groups is 2. The zero-order valence-electron chi connectivity index (χ0n) is 12.8. The van der Waals surface area contributed by atoms with E-state index in [-0.39, 0.29) is 6.79 Å². The minimum absolute atomic E-state index is 0.108. The highest BCUT2D eigenvalue weighted by Gasteiger charge is 2.04. The maximum absolute atomic E-state index is 6.08. The Hall–Kier alpha value is -2.04. The van der Waals surface area contributed by atoms with Gasteiger partial charge in [-0.3, -0.25) is 0 Å². The molecule has 0 aliphatic rings. The number of nitrogens with zero attached hydrogens (tertiary/aromatic N) is 2. The quantitative estimate of drug-likeness (QED) is 0.313. The summed E-state index contributed by atoms with van der Waals surface area (Å²) in [4.78, 5) is 10.2. The van der Waals surface area contributed by atoms with E-state index in [1.807, 2.05) is 36.4 Å². The summed E-state index contributed by atoms with van der Waals surface area (Å²) >= 11 is 12.2. The number of benzene rings is 2. The standard InChI is InChI=1S/C17H16Cl2N2O2/c1-12(14-7-3-5-9-16(14)18)20-22-11-23-21-13(2)15-8-4-6-10-17(15)19/h3-10H,11H2,1-2H3. The van der Waals surface area contributed by atoms with Crippen LogP contribution in [0.2, 0.25) is 10.0 Å². The molecule has 0 unspecified atom stereocenters. The van der Waals surface area contributed by atoms with Gasteiger partial charge in [-0.25, -0.2) is 0 Å². The second kappa shape index (κ2) is 8.56. The Labute approximate surface area is 145 Å². The molecule has 0 heterocycles. The minimum atomic E-state index is -0.108. The SMILES string of the molecule is CC(=NOCON=C(C)c1ccccc1Cl)c1ccccc1Cl. The fourth-order valence-electron chi connectivity index (χ4n) is 1.88. The van der Waals surface area contributed by atoms with Crippen molar-refractivity contribution in [3.05, 3.63) is 69.7 Å². The molecule has 6 heteroatoms. The van der Waals surface area contributed by atoms with Gasteiger partial charge >= 0.3 is 0 Å². The van der Waals surface area contributed by atoms with Gasteiger partial charge in [0.2, 0.25) is 0 Å². The van der Waals surface area contributed by atoms with Crippen molar-refractivity contribution in [1.29, 1.82) is 0 Å². The third-order valence-electron chi connectivity index (χ3n) is 3.04. The van der Waals surface area contributed by atoms with Crippen molar-refractivity contribution in [2.75, 3.05) is 6.79 Å². The van der Waals surface area contributed by atoms with Gasteiger partial charge in [-0.05, 0) is 26.0 Å². The van der Waals surface area contributed by atoms with Crippen LogP contribution in [0.4, 0.5) is 0 Å². The summed E-state index contributed by atoms with van der Waals surface area (Å²) in [5, 5.41) is 9.14. The van der Waals surface area contributed by atoms with Crippen LogP contribution in [0.25, 0.3) is 0 Å². The van der Waals surface area contributed by atoms with Crippen LogP contribution in [0.3, 0.4) is 0 Å². The average molecular weight is 351 g/mol. The maximum Gasteiger partial charge on any atom is 0.280 e. The number of rotatable bonds is 6. The normalized spacial score (nSPS) is 12.2. The van der Waals surface area contributed by atoms with Gasteiger partial charge in [0.15, 0.2) is 0 Å². The molecule has 0 aromatic heterocycles. The molecule has 2 aromatic carbocycles. The molecule has 4 nitrogen and oxygen atoms in total. The van der Waals surface area contributed by atoms with E-state index >= 15 is 0 Å². The van der Waals surface area contributed by atoms with Gasteiger partial charge in [0, 0.05) is 21.2 Å². The molecule has 0 aliphatic carbocycles. The first-order chi connectivity index (χ1) is 11.1. The van der Waals surface area contributed by atoms with Crippen LogP contribution in [0, 0.1) is 0 Å². The molecule has 0 bridgehead atoms. The molecule has 0 radical (unpaired) electrons. The molecule has 120 valence electrons. The highest BCUT2D eigenvalue weighted by Crippen LogP contribution is 2.16. The highest BCUT2D eigenvalue weighted by molar-refractivity contribution is 6.34. The Bertz CT molecular complexity index is 669. The zero-order chi connectivity index (χ0) is 16.7. The molecule has 2 aromatic rings. The van der Waals surface area contributed by atoms with Crippen molar-refractivity contribution in [3.8, 4) is 0 Å². The summed E-state index contributed by atoms with van der Waals surface area (Å²) in [5.41, 5.74) is 2.94. The van der Waals surface area contributed by atoms with E-state index in [9.17, 15) is 0 Å². The van der Waals surface area contributed by atoms with E-state index in [0.717, 1.165) is 11.1 Å². The molecular weight excluding hydrogens is 335 g/mol. The van der Waals surface area contributed by atoms with Crippen LogP contribution >= 0.6 is 23.2 Å². The third-order valence-corrected chi connectivity index (χ3v) is 3.69. The number of halogens is 2. The second-order valence-electron chi connectivity index (χ2n) is 4.69. The van der Waals surface area contributed by atoms with Gasteiger partial charge in [-0.15, -0.1) is 0 Å². The predicted molar refractivity (Wildman–Crippen MR) is 94.4 cm³/mol. The largest absolute Gasteiger partial charge is 0.352 e. The Balaban J connectivity index is 1.88. The van der Waals surface area contributed by atoms with Crippen molar-refractivity contribution < 1.29 is 9.68 Å². The van der Waals surface area contributed by atoms with Crippen LogP contribution in [0.15, 0.2) is 58.8 Å². The Morgan fingerprint density at radius 2 is 1.17 bits per heavy atom. The van der Waals surface area contributed by atoms with E-state index in [1.54, 1.807) is 26.0 Å². The van der Waals surface area contributed by atoms with E-state index in [0.29, 0.717) is 21.5 Å². The summed E-state index contributed by atoms with van der Waals surface area (Å²) < 4.78 is 0. The lowest BCUT2D eigenvalue weighted by atomic mass is 10.1. The molecule has 23 heavy (non-hydrogen) atoms. The van der Waals surface area contributed by atoms with Gasteiger partial charge in [-0.2, -0.15) is 0 Å². The highest BCUT2D eigenvalue weighted by atomic mass is 35.5. The molecule has 0 saturated heterocycles. The van der Waals surface area contributed by atoms with E-state index < -0.39 is 0 Å². The predicted octanol–water partition coefficient (Wildman–Crippen LogP) is 5.13. The molecule has 0 fully saturated rings. The van der Waals surface area contributed by atoms with Gasteiger partial charge < -0.3 is 9.68 Å². The third kappa shape index (κ3) is 4.98. The van der Waals surface area contributed by atoms with Crippen molar-refractivity contribution in [3.63, 3.8) is 0 Å². The number of hydrogen-bond donors (Lipinski definition) is 0. The molecule has 0 spiro atoms. The van der Waals surface area contributed by atoms with Crippen LogP contribution in [-0.2, 0) is 9.68 Å². The Kier molecular flexibility index (Phi) is 6.44. The van der Waals surface area contributed by atoms with Gasteiger partial charge in [0.1, 0.15) is 0 Å². The van der Waals surface area contributed by atoms with Gasteiger partial charge in [0.25, 0.3) is 6.79 Å². The van der Waals surface area contributed by atoms with E-state index in [2.05, 4.69) is 10.3 Å². The summed E-state index contributed by atoms with van der Waals surface area (Å²) in [6.45, 7) is 3.50. The van der Waals surface area contributed by atoms with Gasteiger partial charge in [0.05, 0.1) is 11.4 Å². The molecule has 2 rings (SSSR count). The van der Waals surface area contributed by atoms with Crippen LogP contribution in [-0.4, -0.2) is 18.2 Å². The van der Waals surface area contributed by atoms with Crippen LogP contribution in [0.1, 0.15) is 25.0 Å². The average Bonchev–Trinajstić information content (AvgIpc) is 2.55. The lowest BCUT2D eigenvalue weighted by Gasteiger charge is -2.05. The van der Waals surface area contributed by atoms with Crippen molar-refractivity contribution in [2.45, 2.75) is 13.8 Å². The molecule has 0 N–H and O–H groups in total. The van der Waals surface area contributed by atoms with Gasteiger partial charge in [-0.1, -0.05) is 69.9 Å². The molecular formula is C17H16Cl2N2O2. The fraction of sp³-hybridized carbons (Fsp3) is 0.176. The van der Waals surface area contributed by atoms with Crippen molar-refractivity contribution in [1.82, 2.24) is 0 Å². The molecule has 0 saturated carbocycles. The molecule has 0 amide bonds. The van der Waals surface area contributed by atoms with Crippen molar-refractivity contribution >= 4 is 34.6 Å². The lowest BCUT2D eigenvalue weighted by molar-refractivity contribution is -0.0505. The molecule has 0 atom stereocenters. The summed E-state index contributed by atoms with van der Waals surface area (Å²) in [7, 11) is 0. The summed E-state index contributed by atoms with van der Waals surface area (Å²) in [6, 6.07) is 14.8. The van der Waals surface area contributed by atoms with E-state index in [4.69, 9.17) is 32.9 Å². The number of hydrogen-bond acceptors (Lipinski definition) is 4. The monoisotopic (exact) mass is 350 g/mol. The Morgan fingerprint density at radius 1 is 0.783 bits per heavy atom. The second-order valence-corrected chi connectivity index (χ2v) is 5.50.